The first-order chi connectivity index (χ1) is 18.7. The number of hydrogen-bond acceptors (Lipinski definition) is 5. The SMILES string of the molecule is CSCCC(NC(=O)OC(C)(C)C)C(=O)N(C1CC1)C(C(=O)Nc1ccc2ccccc2c1)c1ccccc1. The molecule has 3 aromatic rings. The fourth-order valence-corrected chi connectivity index (χ4v) is 5.02. The third kappa shape index (κ3) is 7.76. The maximum atomic E-state index is 14.1. The van der Waals surface area contributed by atoms with E-state index in [1.165, 1.54) is 0 Å². The van der Waals surface area contributed by atoms with Crippen molar-refractivity contribution in [1.82, 2.24) is 10.2 Å². The van der Waals surface area contributed by atoms with Crippen molar-refractivity contribution in [2.75, 3.05) is 17.3 Å². The molecule has 3 amide bonds. The summed E-state index contributed by atoms with van der Waals surface area (Å²) in [6.45, 7) is 5.35. The third-order valence-electron chi connectivity index (χ3n) is 6.45. The van der Waals surface area contributed by atoms with Crippen LogP contribution in [0, 0.1) is 0 Å². The lowest BCUT2D eigenvalue weighted by atomic mass is 10.0. The van der Waals surface area contributed by atoms with Crippen LogP contribution in [-0.2, 0) is 14.3 Å². The van der Waals surface area contributed by atoms with Gasteiger partial charge in [-0.15, -0.1) is 0 Å². The minimum atomic E-state index is -0.852. The van der Waals surface area contributed by atoms with Crippen molar-refractivity contribution in [3.8, 4) is 0 Å². The number of nitrogens with zero attached hydrogens (tertiary/aromatic N) is 1. The Hall–Kier alpha value is -3.52. The summed E-state index contributed by atoms with van der Waals surface area (Å²) in [5, 5.41) is 7.94. The molecule has 8 heteroatoms. The van der Waals surface area contributed by atoms with Crippen LogP contribution >= 0.6 is 11.8 Å². The molecule has 2 atom stereocenters. The molecule has 0 aliphatic heterocycles. The second-order valence-electron chi connectivity index (χ2n) is 10.8. The second kappa shape index (κ2) is 12.6. The Kier molecular flexibility index (Phi) is 9.17. The first-order valence-corrected chi connectivity index (χ1v) is 14.7. The van der Waals surface area contributed by atoms with Crippen LogP contribution in [0.3, 0.4) is 0 Å². The maximum Gasteiger partial charge on any atom is 0.408 e. The summed E-state index contributed by atoms with van der Waals surface area (Å²) in [4.78, 5) is 42.4. The van der Waals surface area contributed by atoms with Crippen molar-refractivity contribution in [1.29, 1.82) is 0 Å². The minimum Gasteiger partial charge on any atom is -0.444 e. The zero-order valence-electron chi connectivity index (χ0n) is 23.0. The first kappa shape index (κ1) is 28.5. The molecule has 206 valence electrons. The van der Waals surface area contributed by atoms with Gasteiger partial charge < -0.3 is 20.3 Å². The molecule has 3 aromatic carbocycles. The quantitative estimate of drug-likeness (QED) is 0.318. The Morgan fingerprint density at radius 3 is 2.28 bits per heavy atom. The zero-order valence-corrected chi connectivity index (χ0v) is 23.8. The number of hydrogen-bond donors (Lipinski definition) is 2. The van der Waals surface area contributed by atoms with E-state index in [4.69, 9.17) is 4.74 Å². The van der Waals surface area contributed by atoms with Gasteiger partial charge in [-0.3, -0.25) is 9.59 Å². The van der Waals surface area contributed by atoms with E-state index in [0.29, 0.717) is 17.9 Å². The summed E-state index contributed by atoms with van der Waals surface area (Å²) >= 11 is 1.59. The predicted molar refractivity (Wildman–Crippen MR) is 158 cm³/mol. The Labute approximate surface area is 234 Å². The fraction of sp³-hybridized carbons (Fsp3) is 0.387. The lowest BCUT2D eigenvalue weighted by Gasteiger charge is -2.34. The molecule has 0 radical (unpaired) electrons. The minimum absolute atomic E-state index is 0.0812. The number of ether oxygens (including phenoxy) is 1. The van der Waals surface area contributed by atoms with E-state index in [0.717, 1.165) is 29.2 Å². The van der Waals surface area contributed by atoms with Gasteiger partial charge in [0, 0.05) is 11.7 Å². The Balaban J connectivity index is 1.65. The molecule has 2 unspecified atom stereocenters. The van der Waals surface area contributed by atoms with Crippen molar-refractivity contribution in [3.63, 3.8) is 0 Å². The van der Waals surface area contributed by atoms with Gasteiger partial charge in [0.05, 0.1) is 0 Å². The number of fused-ring (bicyclic) bond motifs is 1. The predicted octanol–water partition coefficient (Wildman–Crippen LogP) is 6.16. The molecule has 1 aliphatic carbocycles. The number of thioether (sulfide) groups is 1. The van der Waals surface area contributed by atoms with Crippen LogP contribution < -0.4 is 10.6 Å². The molecule has 0 bridgehead atoms. The number of amides is 3. The van der Waals surface area contributed by atoms with Crippen LogP contribution in [-0.4, -0.2) is 52.5 Å². The molecule has 0 aromatic heterocycles. The molecule has 0 saturated heterocycles. The summed E-state index contributed by atoms with van der Waals surface area (Å²) in [6.07, 6.45) is 3.35. The molecule has 4 rings (SSSR count). The highest BCUT2D eigenvalue weighted by Gasteiger charge is 2.44. The average molecular weight is 548 g/mol. The van der Waals surface area contributed by atoms with Crippen LogP contribution in [0.2, 0.25) is 0 Å². The molecule has 1 aliphatic rings. The van der Waals surface area contributed by atoms with E-state index in [2.05, 4.69) is 10.6 Å². The van der Waals surface area contributed by atoms with E-state index in [1.807, 2.05) is 79.1 Å². The Bertz CT molecular complexity index is 1300. The van der Waals surface area contributed by atoms with Gasteiger partial charge in [-0.05, 0) is 80.5 Å². The maximum absolute atomic E-state index is 14.1. The summed E-state index contributed by atoms with van der Waals surface area (Å²) in [5.74, 6) is 0.0989. The highest BCUT2D eigenvalue weighted by atomic mass is 32.2. The van der Waals surface area contributed by atoms with Crippen LogP contribution in [0.25, 0.3) is 10.8 Å². The molecule has 0 heterocycles. The fourth-order valence-electron chi connectivity index (χ4n) is 4.54. The van der Waals surface area contributed by atoms with Gasteiger partial charge in [-0.25, -0.2) is 4.79 Å². The lowest BCUT2D eigenvalue weighted by molar-refractivity contribution is -0.141. The number of benzene rings is 3. The van der Waals surface area contributed by atoms with Gasteiger partial charge >= 0.3 is 6.09 Å². The van der Waals surface area contributed by atoms with E-state index in [9.17, 15) is 14.4 Å². The van der Waals surface area contributed by atoms with Crippen LogP contribution in [0.1, 0.15) is 51.6 Å². The number of nitrogens with one attached hydrogen (secondary N) is 2. The van der Waals surface area contributed by atoms with Crippen LogP contribution in [0.5, 0.6) is 0 Å². The van der Waals surface area contributed by atoms with Gasteiger partial charge in [-0.2, -0.15) is 11.8 Å². The van der Waals surface area contributed by atoms with Crippen molar-refractivity contribution in [2.24, 2.45) is 0 Å². The average Bonchev–Trinajstić information content (AvgIpc) is 3.73. The smallest absolute Gasteiger partial charge is 0.408 e. The van der Waals surface area contributed by atoms with Gasteiger partial charge in [0.25, 0.3) is 5.91 Å². The standard InChI is InChI=1S/C31H37N3O4S/c1-31(2,3)38-30(37)33-26(18-19-39-4)29(36)34(25-16-17-25)27(22-11-6-5-7-12-22)28(35)32-24-15-14-21-10-8-9-13-23(21)20-24/h5-15,20,25-27H,16-19H2,1-4H3,(H,32,35)(H,33,37). The highest BCUT2D eigenvalue weighted by molar-refractivity contribution is 7.98. The van der Waals surface area contributed by atoms with E-state index >= 15 is 0 Å². The second-order valence-corrected chi connectivity index (χ2v) is 11.8. The molecule has 0 spiro atoms. The van der Waals surface area contributed by atoms with Crippen LogP contribution in [0.4, 0.5) is 10.5 Å². The number of carbonyl (C=O) groups excluding carboxylic acids is 3. The van der Waals surface area contributed by atoms with Gasteiger partial charge in [0.1, 0.15) is 17.7 Å². The summed E-state index contributed by atoms with van der Waals surface area (Å²) in [5.41, 5.74) is 0.685. The number of anilines is 1. The van der Waals surface area contributed by atoms with Gasteiger partial charge in [0.15, 0.2) is 0 Å². The zero-order chi connectivity index (χ0) is 28.0. The van der Waals surface area contributed by atoms with Crippen molar-refractivity contribution in [3.05, 3.63) is 78.4 Å². The monoisotopic (exact) mass is 547 g/mol. The molecule has 7 nitrogen and oxygen atoms in total. The van der Waals surface area contributed by atoms with Gasteiger partial charge in [-0.1, -0.05) is 60.7 Å². The largest absolute Gasteiger partial charge is 0.444 e. The number of alkyl carbamates (subject to hydrolysis) is 1. The Morgan fingerprint density at radius 1 is 0.974 bits per heavy atom. The molecule has 1 fully saturated rings. The summed E-state index contributed by atoms with van der Waals surface area (Å²) in [7, 11) is 0. The normalized spacial score (nSPS) is 14.8. The highest BCUT2D eigenvalue weighted by Crippen LogP contribution is 2.36. The Morgan fingerprint density at radius 2 is 1.64 bits per heavy atom. The van der Waals surface area contributed by atoms with E-state index in [1.54, 1.807) is 37.4 Å². The molecular weight excluding hydrogens is 510 g/mol. The summed E-state index contributed by atoms with van der Waals surface area (Å²) < 4.78 is 5.45. The molecule has 1 saturated carbocycles. The first-order valence-electron chi connectivity index (χ1n) is 13.3. The lowest BCUT2D eigenvalue weighted by Crippen LogP contribution is -2.53. The van der Waals surface area contributed by atoms with Crippen LogP contribution in [0.15, 0.2) is 72.8 Å². The van der Waals surface area contributed by atoms with Crippen molar-refractivity contribution < 1.29 is 19.1 Å². The molecular formula is C31H37N3O4S. The summed E-state index contributed by atoms with van der Waals surface area (Å²) in [6, 6.07) is 21.3. The third-order valence-corrected chi connectivity index (χ3v) is 7.10. The number of rotatable bonds is 10. The van der Waals surface area contributed by atoms with Gasteiger partial charge in [0.2, 0.25) is 5.91 Å². The van der Waals surface area contributed by atoms with E-state index < -0.39 is 23.8 Å². The van der Waals surface area contributed by atoms with Crippen molar-refractivity contribution >= 4 is 46.1 Å². The van der Waals surface area contributed by atoms with E-state index in [-0.39, 0.29) is 17.9 Å². The molecule has 2 N–H and O–H groups in total. The topological polar surface area (TPSA) is 87.7 Å². The molecule has 39 heavy (non-hydrogen) atoms. The van der Waals surface area contributed by atoms with Crippen molar-refractivity contribution in [2.45, 2.75) is 63.8 Å². The number of carbonyl (C=O) groups is 3.